The Bertz CT molecular complexity index is 505. The van der Waals surface area contributed by atoms with Gasteiger partial charge in [-0.05, 0) is 30.7 Å². The number of hydrogen-bond donors (Lipinski definition) is 1. The van der Waals surface area contributed by atoms with Crippen LogP contribution in [0.3, 0.4) is 0 Å². The van der Waals surface area contributed by atoms with Gasteiger partial charge in [0.25, 0.3) is 0 Å². The van der Waals surface area contributed by atoms with E-state index in [0.29, 0.717) is 5.69 Å². The van der Waals surface area contributed by atoms with Gasteiger partial charge in [-0.25, -0.2) is 8.42 Å². The van der Waals surface area contributed by atoms with E-state index in [2.05, 4.69) is 20.7 Å². The lowest BCUT2D eigenvalue weighted by Gasteiger charge is -2.08. The first kappa shape index (κ1) is 12.0. The molecular weight excluding hydrogens is 280 g/mol. The van der Waals surface area contributed by atoms with Crippen molar-refractivity contribution in [3.05, 3.63) is 28.2 Å². The molecule has 1 N–H and O–H groups in total. The predicted octanol–water partition coefficient (Wildman–Crippen LogP) is 2.02. The van der Waals surface area contributed by atoms with E-state index >= 15 is 0 Å². The summed E-state index contributed by atoms with van der Waals surface area (Å²) >= 11 is 3.28. The molecule has 1 aromatic rings. The van der Waals surface area contributed by atoms with Crippen molar-refractivity contribution in [3.63, 3.8) is 0 Å². The molecule has 0 unspecified atom stereocenters. The molecule has 0 spiro atoms. The van der Waals surface area contributed by atoms with E-state index in [1.165, 1.54) is 0 Å². The Kier molecular flexibility index (Phi) is 3.72. The Hall–Kier alpha value is -1.06. The Morgan fingerprint density at radius 2 is 2.20 bits per heavy atom. The summed E-state index contributed by atoms with van der Waals surface area (Å²) in [5.74, 6) is -0.539. The Morgan fingerprint density at radius 1 is 1.53 bits per heavy atom. The molecule has 4 nitrogen and oxygen atoms in total. The normalized spacial score (nSPS) is 10.7. The van der Waals surface area contributed by atoms with Crippen LogP contribution in [-0.2, 0) is 10.0 Å². The molecule has 15 heavy (non-hydrogen) atoms. The summed E-state index contributed by atoms with van der Waals surface area (Å²) in [6, 6.07) is 6.78. The maximum absolute atomic E-state index is 11.3. The number of benzene rings is 1. The molecule has 0 radical (unpaired) electrons. The molecule has 0 aliphatic rings. The highest BCUT2D eigenvalue weighted by molar-refractivity contribution is 9.10. The van der Waals surface area contributed by atoms with Gasteiger partial charge in [-0.1, -0.05) is 15.9 Å². The van der Waals surface area contributed by atoms with Crippen molar-refractivity contribution >= 4 is 31.6 Å². The molecular formula is C9H9BrN2O2S. The number of sulfonamides is 1. The number of nitriles is 1. The Labute approximate surface area is 97.1 Å². The topological polar surface area (TPSA) is 70.0 Å². The summed E-state index contributed by atoms with van der Waals surface area (Å²) < 4.78 is 25.8. The van der Waals surface area contributed by atoms with Crippen LogP contribution < -0.4 is 4.72 Å². The van der Waals surface area contributed by atoms with Crippen LogP contribution in [0.15, 0.2) is 22.7 Å². The molecule has 0 aromatic heterocycles. The van der Waals surface area contributed by atoms with Gasteiger partial charge in [0.15, 0.2) is 5.75 Å². The lowest BCUT2D eigenvalue weighted by atomic mass is 10.2. The molecule has 0 saturated carbocycles. The van der Waals surface area contributed by atoms with E-state index in [1.54, 1.807) is 31.2 Å². The minimum atomic E-state index is -3.55. The lowest BCUT2D eigenvalue weighted by Crippen LogP contribution is -2.16. The molecule has 0 bridgehead atoms. The maximum atomic E-state index is 11.3. The summed E-state index contributed by atoms with van der Waals surface area (Å²) in [6.07, 6.45) is 0. The fourth-order valence-corrected chi connectivity index (χ4v) is 2.31. The van der Waals surface area contributed by atoms with Crippen molar-refractivity contribution in [2.75, 3.05) is 10.5 Å². The number of halogens is 1. The fraction of sp³-hybridized carbons (Fsp3) is 0.222. The van der Waals surface area contributed by atoms with Crippen LogP contribution in [0.25, 0.3) is 0 Å². The van der Waals surface area contributed by atoms with E-state index < -0.39 is 15.8 Å². The number of anilines is 1. The standard InChI is InChI=1S/C9H9BrN2O2S/c1-7-6-8(10)2-3-9(7)12-15(13,14)5-4-11/h2-3,6,12H,5H2,1H3. The van der Waals surface area contributed by atoms with Crippen molar-refractivity contribution in [2.24, 2.45) is 0 Å². The molecule has 0 atom stereocenters. The Balaban J connectivity index is 2.96. The zero-order valence-corrected chi connectivity index (χ0v) is 10.4. The zero-order valence-electron chi connectivity index (χ0n) is 7.99. The highest BCUT2D eigenvalue weighted by atomic mass is 79.9. The monoisotopic (exact) mass is 288 g/mol. The maximum Gasteiger partial charge on any atom is 0.246 e. The SMILES string of the molecule is Cc1cc(Br)ccc1NS(=O)(=O)CC#N. The lowest BCUT2D eigenvalue weighted by molar-refractivity contribution is 0.604. The largest absolute Gasteiger partial charge is 0.282 e. The first-order valence-electron chi connectivity index (χ1n) is 4.08. The number of nitrogens with one attached hydrogen (secondary N) is 1. The van der Waals surface area contributed by atoms with Crippen LogP contribution in [0.2, 0.25) is 0 Å². The molecule has 0 aliphatic carbocycles. The number of nitrogens with zero attached hydrogens (tertiary/aromatic N) is 1. The van der Waals surface area contributed by atoms with Crippen molar-refractivity contribution in [1.29, 1.82) is 5.26 Å². The van der Waals surface area contributed by atoms with Crippen LogP contribution in [0, 0.1) is 18.3 Å². The second-order valence-corrected chi connectivity index (χ2v) is 5.62. The third kappa shape index (κ3) is 3.53. The minimum Gasteiger partial charge on any atom is -0.282 e. The van der Waals surface area contributed by atoms with Crippen LogP contribution in [0.1, 0.15) is 5.56 Å². The van der Waals surface area contributed by atoms with Crippen molar-refractivity contribution < 1.29 is 8.42 Å². The highest BCUT2D eigenvalue weighted by Crippen LogP contribution is 2.20. The van der Waals surface area contributed by atoms with Crippen LogP contribution in [0.4, 0.5) is 5.69 Å². The number of rotatable bonds is 3. The summed E-state index contributed by atoms with van der Waals surface area (Å²) in [5.41, 5.74) is 1.29. The second-order valence-electron chi connectivity index (χ2n) is 2.98. The van der Waals surface area contributed by atoms with Gasteiger partial charge in [0, 0.05) is 4.47 Å². The van der Waals surface area contributed by atoms with Gasteiger partial charge < -0.3 is 0 Å². The van der Waals surface area contributed by atoms with Gasteiger partial charge in [-0.15, -0.1) is 0 Å². The van der Waals surface area contributed by atoms with Gasteiger partial charge in [0.1, 0.15) is 0 Å². The zero-order chi connectivity index (χ0) is 11.5. The Morgan fingerprint density at radius 3 is 2.73 bits per heavy atom. The molecule has 6 heteroatoms. The predicted molar refractivity (Wildman–Crippen MR) is 61.9 cm³/mol. The van der Waals surface area contributed by atoms with E-state index in [0.717, 1.165) is 10.0 Å². The van der Waals surface area contributed by atoms with Crippen LogP contribution in [-0.4, -0.2) is 14.2 Å². The molecule has 0 saturated heterocycles. The van der Waals surface area contributed by atoms with Gasteiger partial charge >= 0.3 is 0 Å². The minimum absolute atomic E-state index is 0.494. The van der Waals surface area contributed by atoms with E-state index in [-0.39, 0.29) is 0 Å². The summed E-state index contributed by atoms with van der Waals surface area (Å²) in [5, 5.41) is 8.32. The number of hydrogen-bond acceptors (Lipinski definition) is 3. The molecule has 1 rings (SSSR count). The molecule has 80 valence electrons. The van der Waals surface area contributed by atoms with Crippen LogP contribution in [0.5, 0.6) is 0 Å². The highest BCUT2D eigenvalue weighted by Gasteiger charge is 2.10. The van der Waals surface area contributed by atoms with Gasteiger partial charge in [0.2, 0.25) is 10.0 Å². The fourth-order valence-electron chi connectivity index (χ4n) is 1.03. The average Bonchev–Trinajstić information content (AvgIpc) is 2.09. The third-order valence-corrected chi connectivity index (χ3v) is 3.24. The van der Waals surface area contributed by atoms with Crippen LogP contribution >= 0.6 is 15.9 Å². The quantitative estimate of drug-likeness (QED) is 0.925. The molecule has 0 heterocycles. The van der Waals surface area contributed by atoms with Crippen molar-refractivity contribution in [1.82, 2.24) is 0 Å². The second kappa shape index (κ2) is 4.64. The third-order valence-electron chi connectivity index (χ3n) is 1.71. The van der Waals surface area contributed by atoms with E-state index in [9.17, 15) is 8.42 Å². The van der Waals surface area contributed by atoms with Gasteiger partial charge in [-0.3, -0.25) is 4.72 Å². The van der Waals surface area contributed by atoms with Crippen molar-refractivity contribution in [2.45, 2.75) is 6.92 Å². The summed E-state index contributed by atoms with van der Waals surface area (Å²) in [4.78, 5) is 0. The van der Waals surface area contributed by atoms with Crippen molar-refractivity contribution in [3.8, 4) is 6.07 Å². The first-order valence-corrected chi connectivity index (χ1v) is 6.53. The number of aryl methyl sites for hydroxylation is 1. The van der Waals surface area contributed by atoms with E-state index in [4.69, 9.17) is 5.26 Å². The van der Waals surface area contributed by atoms with Gasteiger partial charge in [-0.2, -0.15) is 5.26 Å². The smallest absolute Gasteiger partial charge is 0.246 e. The van der Waals surface area contributed by atoms with E-state index in [1.807, 2.05) is 0 Å². The molecule has 0 amide bonds. The summed E-state index contributed by atoms with van der Waals surface area (Å²) in [7, 11) is -3.55. The molecule has 0 aliphatic heterocycles. The molecule has 0 fully saturated rings. The summed E-state index contributed by atoms with van der Waals surface area (Å²) in [6.45, 7) is 1.79. The van der Waals surface area contributed by atoms with Gasteiger partial charge in [0.05, 0.1) is 11.8 Å². The average molecular weight is 289 g/mol. The molecule has 1 aromatic carbocycles. The first-order chi connectivity index (χ1) is 6.94.